The van der Waals surface area contributed by atoms with Gasteiger partial charge in [-0.25, -0.2) is 0 Å². The second-order valence-electron chi connectivity index (χ2n) is 3.85. The molecule has 80 valence electrons. The van der Waals surface area contributed by atoms with Gasteiger partial charge in [-0.15, -0.1) is 0 Å². The van der Waals surface area contributed by atoms with Gasteiger partial charge in [-0.1, -0.05) is 25.1 Å². The molecule has 2 rings (SSSR count). The van der Waals surface area contributed by atoms with Crippen LogP contribution in [0.5, 0.6) is 0 Å². The Balaban J connectivity index is 1.98. The van der Waals surface area contributed by atoms with Gasteiger partial charge in [0.2, 0.25) is 5.91 Å². The second kappa shape index (κ2) is 4.34. The number of para-hydroxylation sites is 1. The number of nitrogens with one attached hydrogen (secondary N) is 2. The van der Waals surface area contributed by atoms with Crippen molar-refractivity contribution in [3.63, 3.8) is 0 Å². The van der Waals surface area contributed by atoms with Gasteiger partial charge in [0.25, 0.3) is 0 Å². The zero-order valence-electron chi connectivity index (χ0n) is 8.92. The van der Waals surface area contributed by atoms with Gasteiger partial charge < -0.3 is 10.6 Å². The lowest BCUT2D eigenvalue weighted by Gasteiger charge is -2.10. The van der Waals surface area contributed by atoms with E-state index >= 15 is 0 Å². The number of anilines is 1. The van der Waals surface area contributed by atoms with Crippen LogP contribution in [-0.4, -0.2) is 18.5 Å². The minimum absolute atomic E-state index is 0.0889. The first-order valence-corrected chi connectivity index (χ1v) is 5.43. The average Bonchev–Trinajstić information content (AvgIpc) is 2.69. The Bertz CT molecular complexity index is 337. The average molecular weight is 204 g/mol. The maximum atomic E-state index is 11.7. The first kappa shape index (κ1) is 10.0. The van der Waals surface area contributed by atoms with Crippen molar-refractivity contribution in [1.29, 1.82) is 0 Å². The van der Waals surface area contributed by atoms with Crippen molar-refractivity contribution in [1.82, 2.24) is 5.32 Å². The lowest BCUT2D eigenvalue weighted by Crippen LogP contribution is -2.38. The lowest BCUT2D eigenvalue weighted by atomic mass is 10.1. The number of amides is 1. The summed E-state index contributed by atoms with van der Waals surface area (Å²) in [5, 5.41) is 6.14. The highest BCUT2D eigenvalue weighted by molar-refractivity contribution is 5.87. The van der Waals surface area contributed by atoms with Crippen LogP contribution >= 0.6 is 0 Å². The van der Waals surface area contributed by atoms with E-state index in [1.165, 1.54) is 5.56 Å². The molecule has 1 atom stereocenters. The van der Waals surface area contributed by atoms with E-state index in [1.807, 2.05) is 18.2 Å². The van der Waals surface area contributed by atoms with E-state index in [9.17, 15) is 4.79 Å². The summed E-state index contributed by atoms with van der Waals surface area (Å²) < 4.78 is 0. The quantitative estimate of drug-likeness (QED) is 0.784. The molecule has 0 fully saturated rings. The fraction of sp³-hybridized carbons (Fsp3) is 0.417. The van der Waals surface area contributed by atoms with E-state index < -0.39 is 0 Å². The van der Waals surface area contributed by atoms with Gasteiger partial charge in [0, 0.05) is 18.7 Å². The predicted octanol–water partition coefficient (Wildman–Crippen LogP) is 1.55. The van der Waals surface area contributed by atoms with Crippen LogP contribution in [0.1, 0.15) is 18.9 Å². The third-order valence-corrected chi connectivity index (χ3v) is 2.64. The fourth-order valence-corrected chi connectivity index (χ4v) is 1.83. The smallest absolute Gasteiger partial charge is 0.242 e. The highest BCUT2D eigenvalue weighted by Crippen LogP contribution is 2.24. The first-order chi connectivity index (χ1) is 7.31. The fourth-order valence-electron chi connectivity index (χ4n) is 1.83. The van der Waals surface area contributed by atoms with Crippen LogP contribution in [0.3, 0.4) is 0 Å². The normalized spacial score (nSPS) is 18.1. The Morgan fingerprint density at radius 1 is 1.53 bits per heavy atom. The van der Waals surface area contributed by atoms with Crippen LogP contribution in [0.4, 0.5) is 5.69 Å². The molecule has 0 radical (unpaired) electrons. The Morgan fingerprint density at radius 3 is 3.07 bits per heavy atom. The molecule has 1 unspecified atom stereocenters. The summed E-state index contributed by atoms with van der Waals surface area (Å²) in [5.41, 5.74) is 2.32. The van der Waals surface area contributed by atoms with Crippen molar-refractivity contribution in [3.8, 4) is 0 Å². The molecule has 0 spiro atoms. The van der Waals surface area contributed by atoms with Crippen LogP contribution in [0.15, 0.2) is 24.3 Å². The van der Waals surface area contributed by atoms with Gasteiger partial charge in [0.05, 0.1) is 0 Å². The number of carbonyl (C=O) groups excluding carboxylic acids is 1. The highest BCUT2D eigenvalue weighted by Gasteiger charge is 2.25. The molecule has 0 bridgehead atoms. The summed E-state index contributed by atoms with van der Waals surface area (Å²) in [4.78, 5) is 11.7. The Morgan fingerprint density at radius 2 is 2.33 bits per heavy atom. The lowest BCUT2D eigenvalue weighted by molar-refractivity contribution is -0.121. The predicted molar refractivity (Wildman–Crippen MR) is 60.9 cm³/mol. The number of rotatable bonds is 3. The van der Waals surface area contributed by atoms with E-state index in [0.717, 1.165) is 25.1 Å². The van der Waals surface area contributed by atoms with Crippen molar-refractivity contribution in [2.75, 3.05) is 11.9 Å². The molecule has 1 aromatic rings. The van der Waals surface area contributed by atoms with Crippen LogP contribution in [0, 0.1) is 0 Å². The van der Waals surface area contributed by atoms with Gasteiger partial charge in [-0.3, -0.25) is 4.79 Å². The molecule has 0 saturated heterocycles. The van der Waals surface area contributed by atoms with Crippen molar-refractivity contribution in [3.05, 3.63) is 29.8 Å². The summed E-state index contributed by atoms with van der Waals surface area (Å²) in [6.45, 7) is 2.81. The van der Waals surface area contributed by atoms with Gasteiger partial charge in [-0.05, 0) is 18.1 Å². The van der Waals surface area contributed by atoms with Crippen LogP contribution in [0.2, 0.25) is 0 Å². The zero-order valence-corrected chi connectivity index (χ0v) is 8.92. The molecule has 0 saturated carbocycles. The number of fused-ring (bicyclic) bond motifs is 1. The zero-order chi connectivity index (χ0) is 10.7. The molecule has 1 amide bonds. The molecule has 0 aliphatic carbocycles. The molecular weight excluding hydrogens is 188 g/mol. The standard InChI is InChI=1S/C12H16N2O/c1-2-7-13-12(15)11-8-9-5-3-4-6-10(9)14-11/h3-6,11,14H,2,7-8H2,1H3,(H,13,15). The van der Waals surface area contributed by atoms with Gasteiger partial charge >= 0.3 is 0 Å². The molecule has 1 aromatic carbocycles. The summed E-state index contributed by atoms with van der Waals surface area (Å²) in [6, 6.07) is 7.98. The Hall–Kier alpha value is -1.51. The molecule has 1 aliphatic rings. The van der Waals surface area contributed by atoms with E-state index in [-0.39, 0.29) is 11.9 Å². The number of benzene rings is 1. The minimum Gasteiger partial charge on any atom is -0.373 e. The summed E-state index contributed by atoms with van der Waals surface area (Å²) >= 11 is 0. The maximum absolute atomic E-state index is 11.7. The van der Waals surface area contributed by atoms with E-state index in [4.69, 9.17) is 0 Å². The Kier molecular flexibility index (Phi) is 2.90. The maximum Gasteiger partial charge on any atom is 0.242 e. The van der Waals surface area contributed by atoms with E-state index in [1.54, 1.807) is 0 Å². The monoisotopic (exact) mass is 204 g/mol. The number of carbonyl (C=O) groups is 1. The molecule has 15 heavy (non-hydrogen) atoms. The number of hydrogen-bond donors (Lipinski definition) is 2. The third kappa shape index (κ3) is 2.12. The van der Waals surface area contributed by atoms with Crippen molar-refractivity contribution < 1.29 is 4.79 Å². The second-order valence-corrected chi connectivity index (χ2v) is 3.85. The minimum atomic E-state index is -0.0889. The molecule has 2 N–H and O–H groups in total. The van der Waals surface area contributed by atoms with Crippen LogP contribution in [0.25, 0.3) is 0 Å². The first-order valence-electron chi connectivity index (χ1n) is 5.43. The van der Waals surface area contributed by atoms with Crippen LogP contribution < -0.4 is 10.6 Å². The molecule has 1 heterocycles. The van der Waals surface area contributed by atoms with Crippen molar-refractivity contribution in [2.45, 2.75) is 25.8 Å². The summed E-state index contributed by atoms with van der Waals surface area (Å²) in [7, 11) is 0. The summed E-state index contributed by atoms with van der Waals surface area (Å²) in [5.74, 6) is 0.105. The largest absolute Gasteiger partial charge is 0.373 e. The van der Waals surface area contributed by atoms with Crippen molar-refractivity contribution >= 4 is 11.6 Å². The van der Waals surface area contributed by atoms with Crippen molar-refractivity contribution in [2.24, 2.45) is 0 Å². The third-order valence-electron chi connectivity index (χ3n) is 2.64. The van der Waals surface area contributed by atoms with Gasteiger partial charge in [0.1, 0.15) is 6.04 Å². The molecule has 1 aliphatic heterocycles. The van der Waals surface area contributed by atoms with Gasteiger partial charge in [-0.2, -0.15) is 0 Å². The SMILES string of the molecule is CCCNC(=O)C1Cc2ccccc2N1. The van der Waals surface area contributed by atoms with Gasteiger partial charge in [0.15, 0.2) is 0 Å². The molecule has 3 heteroatoms. The summed E-state index contributed by atoms with van der Waals surface area (Å²) in [6.07, 6.45) is 1.77. The van der Waals surface area contributed by atoms with E-state index in [0.29, 0.717) is 0 Å². The highest BCUT2D eigenvalue weighted by atomic mass is 16.2. The Labute approximate surface area is 89.9 Å². The molecular formula is C12H16N2O. The van der Waals surface area contributed by atoms with E-state index in [2.05, 4.69) is 23.6 Å². The topological polar surface area (TPSA) is 41.1 Å². The number of hydrogen-bond acceptors (Lipinski definition) is 2. The van der Waals surface area contributed by atoms with Crippen LogP contribution in [-0.2, 0) is 11.2 Å². The molecule has 0 aromatic heterocycles. The molecule has 3 nitrogen and oxygen atoms in total.